The number of aromatic nitrogens is 2. The molecule has 8 nitrogen and oxygen atoms in total. The molecule has 0 spiro atoms. The third-order valence-corrected chi connectivity index (χ3v) is 6.60. The molecule has 34 heavy (non-hydrogen) atoms. The lowest BCUT2D eigenvalue weighted by atomic mass is 9.95. The monoisotopic (exact) mass is 457 g/mol. The number of rotatable bonds is 5. The van der Waals surface area contributed by atoms with E-state index in [1.165, 1.54) is 5.56 Å². The van der Waals surface area contributed by atoms with E-state index in [4.69, 9.17) is 19.4 Å². The normalized spacial score (nSPS) is 17.5. The van der Waals surface area contributed by atoms with Crippen molar-refractivity contribution in [1.29, 1.82) is 0 Å². The van der Waals surface area contributed by atoms with Crippen LogP contribution in [0.4, 0.5) is 17.5 Å². The van der Waals surface area contributed by atoms with E-state index in [1.807, 2.05) is 36.4 Å². The quantitative estimate of drug-likeness (QED) is 0.620. The Kier molecular flexibility index (Phi) is 5.50. The highest BCUT2D eigenvalue weighted by atomic mass is 16.7. The summed E-state index contributed by atoms with van der Waals surface area (Å²) in [6.07, 6.45) is 2.21. The second-order valence-corrected chi connectivity index (χ2v) is 8.91. The molecule has 3 heterocycles. The smallest absolute Gasteiger partial charge is 0.231 e. The fourth-order valence-electron chi connectivity index (χ4n) is 4.80. The molecule has 1 fully saturated rings. The minimum absolute atomic E-state index is 0.125. The van der Waals surface area contributed by atoms with Crippen molar-refractivity contribution in [3.63, 3.8) is 0 Å². The molecule has 174 valence electrons. The first-order chi connectivity index (χ1) is 16.7. The maximum Gasteiger partial charge on any atom is 0.231 e. The van der Waals surface area contributed by atoms with E-state index in [-0.39, 0.29) is 5.78 Å². The molecule has 0 bridgehead atoms. The topological polar surface area (TPSA) is 79.8 Å². The third kappa shape index (κ3) is 4.17. The molecular formula is C26H27N5O3. The van der Waals surface area contributed by atoms with Crippen LogP contribution < -0.4 is 19.7 Å². The molecule has 0 unspecified atom stereocenters. The minimum atomic E-state index is 0.125. The predicted octanol–water partition coefficient (Wildman–Crippen LogP) is 3.79. The zero-order valence-electron chi connectivity index (χ0n) is 19.0. The fourth-order valence-corrected chi connectivity index (χ4v) is 4.80. The minimum Gasteiger partial charge on any atom is -0.454 e. The van der Waals surface area contributed by atoms with Gasteiger partial charge >= 0.3 is 0 Å². The average Bonchev–Trinajstić information content (AvgIpc) is 3.33. The first kappa shape index (κ1) is 20.9. The summed E-state index contributed by atoms with van der Waals surface area (Å²) in [6.45, 7) is 4.66. The van der Waals surface area contributed by atoms with Gasteiger partial charge in [-0.1, -0.05) is 24.3 Å². The van der Waals surface area contributed by atoms with Gasteiger partial charge in [0.2, 0.25) is 12.7 Å². The molecule has 1 saturated heterocycles. The molecule has 6 rings (SSSR count). The highest BCUT2D eigenvalue weighted by molar-refractivity contribution is 6.03. The lowest BCUT2D eigenvalue weighted by Crippen LogP contribution is -2.46. The molecular weight excluding hydrogens is 430 g/mol. The van der Waals surface area contributed by atoms with Crippen molar-refractivity contribution in [1.82, 2.24) is 14.9 Å². The van der Waals surface area contributed by atoms with E-state index in [0.717, 1.165) is 68.4 Å². The van der Waals surface area contributed by atoms with Crippen molar-refractivity contribution in [3.05, 3.63) is 65.4 Å². The number of ketones is 1. The molecule has 1 aromatic heterocycles. The highest BCUT2D eigenvalue weighted by Gasteiger charge is 2.27. The molecule has 0 radical (unpaired) electrons. The van der Waals surface area contributed by atoms with Gasteiger partial charge in [0.05, 0.1) is 11.3 Å². The van der Waals surface area contributed by atoms with Crippen molar-refractivity contribution < 1.29 is 14.3 Å². The molecule has 3 aromatic rings. The van der Waals surface area contributed by atoms with Crippen LogP contribution in [0, 0.1) is 0 Å². The van der Waals surface area contributed by atoms with Crippen LogP contribution in [-0.2, 0) is 13.0 Å². The second-order valence-electron chi connectivity index (χ2n) is 8.91. The second kappa shape index (κ2) is 8.95. The van der Waals surface area contributed by atoms with Gasteiger partial charge in [-0.3, -0.25) is 9.69 Å². The number of ether oxygens (including phenoxy) is 2. The summed E-state index contributed by atoms with van der Waals surface area (Å²) < 4.78 is 10.9. The number of piperazine rings is 1. The van der Waals surface area contributed by atoms with E-state index in [2.05, 4.69) is 27.2 Å². The van der Waals surface area contributed by atoms with Gasteiger partial charge < -0.3 is 19.7 Å². The molecule has 2 aliphatic heterocycles. The summed E-state index contributed by atoms with van der Waals surface area (Å²) in [5.41, 5.74) is 3.65. The van der Waals surface area contributed by atoms with E-state index in [9.17, 15) is 4.79 Å². The molecule has 1 aliphatic carbocycles. The van der Waals surface area contributed by atoms with Gasteiger partial charge in [-0.25, -0.2) is 4.98 Å². The number of hydrogen-bond donors (Lipinski definition) is 1. The molecule has 1 N–H and O–H groups in total. The van der Waals surface area contributed by atoms with Crippen LogP contribution in [0.1, 0.15) is 34.5 Å². The lowest BCUT2D eigenvalue weighted by molar-refractivity contribution is 0.0972. The summed E-state index contributed by atoms with van der Waals surface area (Å²) in [5.74, 6) is 3.09. The van der Waals surface area contributed by atoms with E-state index >= 15 is 0 Å². The molecule has 0 atom stereocenters. The van der Waals surface area contributed by atoms with Gasteiger partial charge in [0, 0.05) is 44.8 Å². The number of para-hydroxylation sites is 1. The van der Waals surface area contributed by atoms with Crippen molar-refractivity contribution in [2.45, 2.75) is 25.8 Å². The Balaban J connectivity index is 1.18. The molecule has 2 aromatic carbocycles. The number of aryl methyl sites for hydroxylation is 1. The Morgan fingerprint density at radius 3 is 2.59 bits per heavy atom. The van der Waals surface area contributed by atoms with Crippen LogP contribution in [0.5, 0.6) is 11.5 Å². The van der Waals surface area contributed by atoms with Crippen molar-refractivity contribution in [3.8, 4) is 11.5 Å². The Morgan fingerprint density at radius 1 is 0.912 bits per heavy atom. The summed E-state index contributed by atoms with van der Waals surface area (Å²) in [5, 5.41) is 3.37. The van der Waals surface area contributed by atoms with Crippen LogP contribution in [0.2, 0.25) is 0 Å². The number of hydrogen-bond acceptors (Lipinski definition) is 8. The molecule has 8 heteroatoms. The Labute approximate surface area is 198 Å². The first-order valence-corrected chi connectivity index (χ1v) is 11.8. The molecule has 0 saturated carbocycles. The number of Topliss-reactive ketones (excluding diaryl/α,β-unsaturated/α-hetero) is 1. The van der Waals surface area contributed by atoms with Gasteiger partial charge in [0.25, 0.3) is 0 Å². The van der Waals surface area contributed by atoms with Crippen LogP contribution in [0.3, 0.4) is 0 Å². The van der Waals surface area contributed by atoms with Crippen molar-refractivity contribution in [2.24, 2.45) is 0 Å². The fraction of sp³-hybridized carbons (Fsp3) is 0.346. The van der Waals surface area contributed by atoms with E-state index in [1.54, 1.807) is 0 Å². The van der Waals surface area contributed by atoms with Gasteiger partial charge in [0.15, 0.2) is 17.3 Å². The Hall–Kier alpha value is -3.65. The van der Waals surface area contributed by atoms with Crippen molar-refractivity contribution in [2.75, 3.05) is 43.2 Å². The standard InChI is InChI=1S/C26H27N5O3/c32-21-8-4-7-20-24(21)25(27-19-5-2-1-3-6-19)29-26(28-20)31-13-11-30(12-14-31)16-18-9-10-22-23(15-18)34-17-33-22/h1-3,5-6,9-10,15H,4,7-8,11-14,16-17H2,(H,27,28,29). The molecule has 3 aliphatic rings. The third-order valence-electron chi connectivity index (χ3n) is 6.60. The van der Waals surface area contributed by atoms with Crippen LogP contribution in [0.15, 0.2) is 48.5 Å². The number of fused-ring (bicyclic) bond motifs is 2. The summed E-state index contributed by atoms with van der Waals surface area (Å²) >= 11 is 0. The lowest BCUT2D eigenvalue weighted by Gasteiger charge is -2.35. The van der Waals surface area contributed by atoms with Gasteiger partial charge in [-0.2, -0.15) is 4.98 Å². The number of anilines is 3. The van der Waals surface area contributed by atoms with Crippen LogP contribution in [0.25, 0.3) is 0 Å². The number of carbonyl (C=O) groups excluding carboxylic acids is 1. The summed E-state index contributed by atoms with van der Waals surface area (Å²) in [7, 11) is 0. The van der Waals surface area contributed by atoms with Gasteiger partial charge in [-0.05, 0) is 42.7 Å². The van der Waals surface area contributed by atoms with Crippen LogP contribution >= 0.6 is 0 Å². The number of nitrogens with one attached hydrogen (secondary N) is 1. The predicted molar refractivity (Wildman–Crippen MR) is 129 cm³/mol. The van der Waals surface area contributed by atoms with Gasteiger partial charge in [-0.15, -0.1) is 0 Å². The van der Waals surface area contributed by atoms with E-state index in [0.29, 0.717) is 30.5 Å². The largest absolute Gasteiger partial charge is 0.454 e. The number of carbonyl (C=O) groups is 1. The maximum absolute atomic E-state index is 12.7. The Bertz CT molecular complexity index is 1210. The summed E-state index contributed by atoms with van der Waals surface area (Å²) in [6, 6.07) is 16.0. The number of nitrogens with zero attached hydrogens (tertiary/aromatic N) is 4. The molecule has 0 amide bonds. The zero-order valence-corrected chi connectivity index (χ0v) is 19.0. The Morgan fingerprint density at radius 2 is 1.74 bits per heavy atom. The van der Waals surface area contributed by atoms with Gasteiger partial charge in [0.1, 0.15) is 5.82 Å². The SMILES string of the molecule is O=C1CCCc2nc(N3CCN(Cc4ccc5c(c4)OCO5)CC3)nc(Nc3ccccc3)c21. The maximum atomic E-state index is 12.7. The van der Waals surface area contributed by atoms with Crippen molar-refractivity contribution >= 4 is 23.2 Å². The number of benzene rings is 2. The highest BCUT2D eigenvalue weighted by Crippen LogP contribution is 2.33. The average molecular weight is 458 g/mol. The zero-order chi connectivity index (χ0) is 22.9. The van der Waals surface area contributed by atoms with E-state index < -0.39 is 0 Å². The first-order valence-electron chi connectivity index (χ1n) is 11.8. The van der Waals surface area contributed by atoms with Crippen LogP contribution in [-0.4, -0.2) is 53.6 Å². The summed E-state index contributed by atoms with van der Waals surface area (Å²) in [4.78, 5) is 27.1.